The molecule has 17 heavy (non-hydrogen) atoms. The van der Waals surface area contributed by atoms with E-state index in [4.69, 9.17) is 0 Å². The first-order valence-electron chi connectivity index (χ1n) is 5.89. The Morgan fingerprint density at radius 2 is 1.82 bits per heavy atom. The van der Waals surface area contributed by atoms with Crippen molar-refractivity contribution in [1.29, 1.82) is 0 Å². The lowest BCUT2D eigenvalue weighted by Crippen LogP contribution is -2.37. The maximum absolute atomic E-state index is 11.4. The Bertz CT molecular complexity index is 252. The van der Waals surface area contributed by atoms with Crippen molar-refractivity contribution in [2.24, 2.45) is 0 Å². The van der Waals surface area contributed by atoms with E-state index in [9.17, 15) is 9.59 Å². The highest BCUT2D eigenvalue weighted by atomic mass is 16.5. The molecule has 0 heterocycles. The lowest BCUT2D eigenvalue weighted by atomic mass is 10.2. The summed E-state index contributed by atoms with van der Waals surface area (Å²) in [4.78, 5) is 26.2. The summed E-state index contributed by atoms with van der Waals surface area (Å²) in [5.41, 5.74) is 0. The van der Waals surface area contributed by atoms with Crippen molar-refractivity contribution in [1.82, 2.24) is 9.80 Å². The Hall–Kier alpha value is -1.10. The third-order valence-corrected chi connectivity index (χ3v) is 2.62. The van der Waals surface area contributed by atoms with Crippen LogP contribution in [-0.4, -0.2) is 62.0 Å². The summed E-state index contributed by atoms with van der Waals surface area (Å²) in [7, 11) is 4.88. The maximum atomic E-state index is 11.4. The predicted molar refractivity (Wildman–Crippen MR) is 66.7 cm³/mol. The Morgan fingerprint density at radius 1 is 1.24 bits per heavy atom. The number of methoxy groups -OCH3 is 1. The minimum atomic E-state index is -0.238. The Morgan fingerprint density at radius 3 is 2.24 bits per heavy atom. The first kappa shape index (κ1) is 15.9. The number of hydrogen-bond donors (Lipinski definition) is 0. The van der Waals surface area contributed by atoms with Crippen LogP contribution in [0.3, 0.4) is 0 Å². The first-order chi connectivity index (χ1) is 7.88. The molecule has 0 bridgehead atoms. The average Bonchev–Trinajstić information content (AvgIpc) is 2.26. The Labute approximate surface area is 104 Å². The van der Waals surface area contributed by atoms with Gasteiger partial charge in [-0.15, -0.1) is 0 Å². The molecule has 100 valence electrons. The molecule has 0 saturated heterocycles. The van der Waals surface area contributed by atoms with Crippen molar-refractivity contribution in [3.63, 3.8) is 0 Å². The molecule has 0 aliphatic rings. The molecule has 0 spiro atoms. The number of esters is 1. The first-order valence-corrected chi connectivity index (χ1v) is 5.89. The van der Waals surface area contributed by atoms with E-state index in [2.05, 4.69) is 4.74 Å². The fraction of sp³-hybridized carbons (Fsp3) is 0.833. The average molecular weight is 244 g/mol. The molecule has 0 aliphatic heterocycles. The number of rotatable bonds is 7. The largest absolute Gasteiger partial charge is 0.468 e. The topological polar surface area (TPSA) is 49.9 Å². The Kier molecular flexibility index (Phi) is 7.54. The van der Waals surface area contributed by atoms with Gasteiger partial charge >= 0.3 is 5.97 Å². The molecular formula is C12H24N2O3. The van der Waals surface area contributed by atoms with E-state index in [1.165, 1.54) is 7.11 Å². The van der Waals surface area contributed by atoms with E-state index in [0.717, 1.165) is 13.0 Å². The van der Waals surface area contributed by atoms with E-state index < -0.39 is 0 Å². The van der Waals surface area contributed by atoms with Gasteiger partial charge in [-0.2, -0.15) is 0 Å². The van der Waals surface area contributed by atoms with Gasteiger partial charge in [0.2, 0.25) is 5.91 Å². The second kappa shape index (κ2) is 8.06. The van der Waals surface area contributed by atoms with E-state index in [0.29, 0.717) is 6.42 Å². The zero-order valence-corrected chi connectivity index (χ0v) is 11.5. The molecule has 5 heteroatoms. The van der Waals surface area contributed by atoms with Gasteiger partial charge in [-0.3, -0.25) is 14.5 Å². The van der Waals surface area contributed by atoms with Crippen LogP contribution in [0.2, 0.25) is 0 Å². The molecule has 0 aromatic heterocycles. The van der Waals surface area contributed by atoms with E-state index in [1.54, 1.807) is 19.0 Å². The van der Waals surface area contributed by atoms with Gasteiger partial charge in [-0.05, 0) is 26.8 Å². The van der Waals surface area contributed by atoms with Crippen molar-refractivity contribution in [3.05, 3.63) is 0 Å². The number of nitrogens with zero attached hydrogens (tertiary/aromatic N) is 2. The smallest absolute Gasteiger partial charge is 0.319 e. The highest BCUT2D eigenvalue weighted by Crippen LogP contribution is 2.03. The summed E-state index contributed by atoms with van der Waals surface area (Å²) >= 11 is 0. The minimum absolute atomic E-state index is 0.117. The molecule has 0 saturated carbocycles. The van der Waals surface area contributed by atoms with E-state index in [1.807, 2.05) is 18.7 Å². The van der Waals surface area contributed by atoms with Crippen molar-refractivity contribution >= 4 is 11.9 Å². The molecule has 1 amide bonds. The molecule has 0 N–H and O–H groups in total. The van der Waals surface area contributed by atoms with Crippen molar-refractivity contribution < 1.29 is 14.3 Å². The summed E-state index contributed by atoms with van der Waals surface area (Å²) in [5, 5.41) is 0. The monoisotopic (exact) mass is 244 g/mol. The molecule has 0 aromatic rings. The molecule has 0 rings (SSSR count). The number of hydrogen-bond acceptors (Lipinski definition) is 4. The van der Waals surface area contributed by atoms with Crippen LogP contribution >= 0.6 is 0 Å². The summed E-state index contributed by atoms with van der Waals surface area (Å²) < 4.78 is 4.64. The van der Waals surface area contributed by atoms with Crippen LogP contribution in [0.5, 0.6) is 0 Å². The second-order valence-corrected chi connectivity index (χ2v) is 4.53. The minimum Gasteiger partial charge on any atom is -0.468 e. The fourth-order valence-electron chi connectivity index (χ4n) is 1.41. The van der Waals surface area contributed by atoms with Gasteiger partial charge in [0, 0.05) is 26.6 Å². The fourth-order valence-corrected chi connectivity index (χ4v) is 1.41. The lowest BCUT2D eigenvalue weighted by molar-refractivity contribution is -0.142. The van der Waals surface area contributed by atoms with Gasteiger partial charge in [-0.25, -0.2) is 0 Å². The van der Waals surface area contributed by atoms with Crippen LogP contribution in [0.1, 0.15) is 26.7 Å². The summed E-state index contributed by atoms with van der Waals surface area (Å²) in [5.74, 6) is -0.121. The number of amides is 1. The van der Waals surface area contributed by atoms with Crippen molar-refractivity contribution in [2.75, 3.05) is 34.3 Å². The maximum Gasteiger partial charge on any atom is 0.319 e. The Balaban J connectivity index is 4.02. The lowest BCUT2D eigenvalue weighted by Gasteiger charge is -2.25. The van der Waals surface area contributed by atoms with Gasteiger partial charge in [0.05, 0.1) is 13.7 Å². The molecular weight excluding hydrogens is 220 g/mol. The van der Waals surface area contributed by atoms with E-state index in [-0.39, 0.29) is 24.5 Å². The normalized spacial score (nSPS) is 10.8. The van der Waals surface area contributed by atoms with Crippen LogP contribution in [0.25, 0.3) is 0 Å². The third-order valence-electron chi connectivity index (χ3n) is 2.62. The van der Waals surface area contributed by atoms with Crippen LogP contribution in [0.15, 0.2) is 0 Å². The molecule has 0 unspecified atom stereocenters. The van der Waals surface area contributed by atoms with Gasteiger partial charge in [0.25, 0.3) is 0 Å². The van der Waals surface area contributed by atoms with Crippen molar-refractivity contribution in [2.45, 2.75) is 32.7 Å². The van der Waals surface area contributed by atoms with Crippen LogP contribution in [0.4, 0.5) is 0 Å². The summed E-state index contributed by atoms with van der Waals surface area (Å²) in [6, 6.07) is 0.267. The molecule has 0 radical (unpaired) electrons. The SMILES string of the molecule is COC(=O)CN(CCCC(=O)N(C)C)C(C)C. The molecule has 0 atom stereocenters. The van der Waals surface area contributed by atoms with E-state index >= 15 is 0 Å². The zero-order chi connectivity index (χ0) is 13.4. The third kappa shape index (κ3) is 6.94. The van der Waals surface area contributed by atoms with Crippen LogP contribution in [0, 0.1) is 0 Å². The number of ether oxygens (including phenoxy) is 1. The highest BCUT2D eigenvalue weighted by Gasteiger charge is 2.14. The molecule has 0 aromatic carbocycles. The number of carbonyl (C=O) groups is 2. The highest BCUT2D eigenvalue weighted by molar-refractivity contribution is 5.75. The summed E-state index contributed by atoms with van der Waals surface area (Å²) in [6.45, 7) is 5.06. The predicted octanol–water partition coefficient (Wildman–Crippen LogP) is 0.738. The van der Waals surface area contributed by atoms with Gasteiger partial charge in [0.1, 0.15) is 0 Å². The van der Waals surface area contributed by atoms with Gasteiger partial charge in [-0.1, -0.05) is 0 Å². The summed E-state index contributed by atoms with van der Waals surface area (Å²) in [6.07, 6.45) is 1.27. The second-order valence-electron chi connectivity index (χ2n) is 4.53. The number of carbonyl (C=O) groups excluding carboxylic acids is 2. The standard InChI is InChI=1S/C12H24N2O3/c1-10(2)14(9-12(16)17-5)8-6-7-11(15)13(3)4/h10H,6-9H2,1-5H3. The van der Waals surface area contributed by atoms with Gasteiger partial charge < -0.3 is 9.64 Å². The van der Waals surface area contributed by atoms with Crippen molar-refractivity contribution in [3.8, 4) is 0 Å². The quantitative estimate of drug-likeness (QED) is 0.620. The molecule has 5 nitrogen and oxygen atoms in total. The molecule has 0 fully saturated rings. The van der Waals surface area contributed by atoms with Crippen LogP contribution < -0.4 is 0 Å². The van der Waals surface area contributed by atoms with Crippen LogP contribution in [-0.2, 0) is 14.3 Å². The molecule has 0 aliphatic carbocycles. The van der Waals surface area contributed by atoms with Gasteiger partial charge in [0.15, 0.2) is 0 Å². The zero-order valence-electron chi connectivity index (χ0n) is 11.5.